The van der Waals surface area contributed by atoms with Gasteiger partial charge in [0.2, 0.25) is 0 Å². The van der Waals surface area contributed by atoms with Gasteiger partial charge in [0.1, 0.15) is 16.7 Å². The van der Waals surface area contributed by atoms with Crippen molar-refractivity contribution in [3.63, 3.8) is 0 Å². The molecule has 0 radical (unpaired) electrons. The Bertz CT molecular complexity index is 894. The lowest BCUT2D eigenvalue weighted by Gasteiger charge is -2.13. The van der Waals surface area contributed by atoms with E-state index in [1.165, 1.54) is 0 Å². The van der Waals surface area contributed by atoms with E-state index >= 15 is 0 Å². The molecule has 10 heteroatoms. The minimum atomic E-state index is -2.51. The molecule has 24 heavy (non-hydrogen) atoms. The Hall–Kier alpha value is -2.16. The summed E-state index contributed by atoms with van der Waals surface area (Å²) in [5.74, 6) is -20.5. The Balaban J connectivity index is 2.82. The molecule has 0 aliphatic carbocycles. The number of hydrogen-bond acceptors (Lipinski definition) is 0. The molecular weight excluding hydrogens is 375 g/mol. The highest BCUT2D eigenvalue weighted by Crippen LogP contribution is 2.40. The first kappa shape index (κ1) is 16.7. The zero-order chi connectivity index (χ0) is 18.1. The maximum absolute atomic E-state index is 14.3. The Morgan fingerprint density at radius 1 is 0.333 bits per heavy atom. The van der Waals surface area contributed by atoms with E-state index in [-0.39, 0.29) is 0 Å². The van der Waals surface area contributed by atoms with E-state index in [4.69, 9.17) is 11.6 Å². The second-order valence-electron chi connectivity index (χ2n) is 4.64. The van der Waals surface area contributed by atoms with Gasteiger partial charge in [-0.1, -0.05) is 11.6 Å². The van der Waals surface area contributed by atoms with Crippen molar-refractivity contribution in [2.24, 2.45) is 0 Å². The number of fused-ring (bicyclic) bond motifs is 2. The molecule has 3 aromatic carbocycles. The predicted octanol–water partition coefficient (Wildman–Crippen LogP) is 5.90. The molecule has 0 bridgehead atoms. The van der Waals surface area contributed by atoms with Crippen LogP contribution in [-0.4, -0.2) is 0 Å². The molecule has 0 atom stereocenters. The van der Waals surface area contributed by atoms with Crippen LogP contribution in [0.15, 0.2) is 0 Å². The summed E-state index contributed by atoms with van der Waals surface area (Å²) >= 11 is 5.08. The molecule has 0 saturated carbocycles. The van der Waals surface area contributed by atoms with Crippen LogP contribution < -0.4 is 0 Å². The van der Waals surface area contributed by atoms with Crippen molar-refractivity contribution < 1.29 is 39.5 Å². The fraction of sp³-hybridized carbons (Fsp3) is 0. The minimum absolute atomic E-state index is 1.58. The normalized spacial score (nSPS) is 11.8. The van der Waals surface area contributed by atoms with Gasteiger partial charge in [-0.05, 0) is 0 Å². The second kappa shape index (κ2) is 5.17. The first-order valence-corrected chi connectivity index (χ1v) is 6.27. The highest BCUT2D eigenvalue weighted by atomic mass is 35.5. The summed E-state index contributed by atoms with van der Waals surface area (Å²) in [5.41, 5.74) is 0. The zero-order valence-electron chi connectivity index (χ0n) is 10.8. The summed E-state index contributed by atoms with van der Waals surface area (Å²) < 4.78 is 124. The number of benzene rings is 3. The van der Waals surface area contributed by atoms with Gasteiger partial charge >= 0.3 is 0 Å². The standard InChI is InChI=1S/C14ClF9/c15-5-8(18)1-2(9(19)12(5)22)7(17)4-3(6(1)16)10(20)13(23)14(24)11(4)21. The molecule has 0 aliphatic rings. The van der Waals surface area contributed by atoms with Crippen LogP contribution in [0.1, 0.15) is 0 Å². The van der Waals surface area contributed by atoms with Gasteiger partial charge in [0.25, 0.3) is 0 Å². The molecule has 0 saturated heterocycles. The van der Waals surface area contributed by atoms with Gasteiger partial charge in [-0.2, -0.15) is 0 Å². The van der Waals surface area contributed by atoms with Crippen LogP contribution in [-0.2, 0) is 0 Å². The molecule has 3 rings (SSSR count). The molecule has 0 fully saturated rings. The van der Waals surface area contributed by atoms with Crippen molar-refractivity contribution in [3.05, 3.63) is 57.4 Å². The largest absolute Gasteiger partial charge is 0.205 e. The Labute approximate surface area is 131 Å². The van der Waals surface area contributed by atoms with Crippen molar-refractivity contribution in [1.82, 2.24) is 0 Å². The van der Waals surface area contributed by atoms with Gasteiger partial charge in [0.15, 0.2) is 40.7 Å². The van der Waals surface area contributed by atoms with E-state index < -0.39 is 78.9 Å². The lowest BCUT2D eigenvalue weighted by atomic mass is 9.99. The van der Waals surface area contributed by atoms with Gasteiger partial charge < -0.3 is 0 Å². The number of halogens is 10. The molecule has 0 heterocycles. The summed E-state index contributed by atoms with van der Waals surface area (Å²) in [4.78, 5) is 0. The molecule has 0 N–H and O–H groups in total. The topological polar surface area (TPSA) is 0 Å². The highest BCUT2D eigenvalue weighted by molar-refractivity contribution is 6.31. The summed E-state index contributed by atoms with van der Waals surface area (Å²) in [7, 11) is 0. The highest BCUT2D eigenvalue weighted by Gasteiger charge is 2.32. The summed E-state index contributed by atoms with van der Waals surface area (Å²) in [6.07, 6.45) is 0. The van der Waals surface area contributed by atoms with Crippen molar-refractivity contribution in [2.75, 3.05) is 0 Å². The fourth-order valence-corrected chi connectivity index (χ4v) is 2.52. The average Bonchev–Trinajstić information content (AvgIpc) is 2.55. The van der Waals surface area contributed by atoms with Crippen molar-refractivity contribution in [3.8, 4) is 0 Å². The molecule has 0 nitrogen and oxygen atoms in total. The lowest BCUT2D eigenvalue weighted by molar-refractivity contribution is 0.414. The van der Waals surface area contributed by atoms with E-state index in [0.717, 1.165) is 0 Å². The van der Waals surface area contributed by atoms with Crippen molar-refractivity contribution in [1.29, 1.82) is 0 Å². The van der Waals surface area contributed by atoms with Crippen LogP contribution in [0.5, 0.6) is 0 Å². The SMILES string of the molecule is Fc1c(F)c(F)c2c(F)c3c(F)c(Cl)c(F)c(F)c3c(F)c2c1F. The van der Waals surface area contributed by atoms with Crippen LogP contribution >= 0.6 is 11.6 Å². The van der Waals surface area contributed by atoms with Crippen LogP contribution in [0, 0.1) is 52.4 Å². The minimum Gasteiger partial charge on any atom is -0.205 e. The molecule has 126 valence electrons. The van der Waals surface area contributed by atoms with Gasteiger partial charge in [-0.15, -0.1) is 0 Å². The van der Waals surface area contributed by atoms with Crippen molar-refractivity contribution in [2.45, 2.75) is 0 Å². The third-order valence-electron chi connectivity index (χ3n) is 3.41. The monoisotopic (exact) mass is 374 g/mol. The predicted molar refractivity (Wildman–Crippen MR) is 66.1 cm³/mol. The maximum Gasteiger partial charge on any atom is 0.198 e. The van der Waals surface area contributed by atoms with Crippen molar-refractivity contribution >= 4 is 33.1 Å². The smallest absolute Gasteiger partial charge is 0.198 e. The average molecular weight is 375 g/mol. The number of rotatable bonds is 0. The summed E-state index contributed by atoms with van der Waals surface area (Å²) in [6.45, 7) is 0. The quantitative estimate of drug-likeness (QED) is 0.199. The molecular formula is C14ClF9. The van der Waals surface area contributed by atoms with E-state index in [2.05, 4.69) is 0 Å². The van der Waals surface area contributed by atoms with E-state index in [0.29, 0.717) is 0 Å². The first-order valence-electron chi connectivity index (χ1n) is 5.89. The Morgan fingerprint density at radius 2 is 0.625 bits per heavy atom. The molecule has 0 amide bonds. The molecule has 3 aromatic rings. The summed E-state index contributed by atoms with van der Waals surface area (Å²) in [6, 6.07) is 0. The van der Waals surface area contributed by atoms with E-state index in [9.17, 15) is 39.5 Å². The molecule has 0 spiro atoms. The lowest BCUT2D eigenvalue weighted by Crippen LogP contribution is -2.06. The first-order chi connectivity index (χ1) is 11.1. The molecule has 0 unspecified atom stereocenters. The Morgan fingerprint density at radius 3 is 1.00 bits per heavy atom. The second-order valence-corrected chi connectivity index (χ2v) is 5.02. The number of hydrogen-bond donors (Lipinski definition) is 0. The third-order valence-corrected chi connectivity index (χ3v) is 3.74. The van der Waals surface area contributed by atoms with Crippen LogP contribution in [0.4, 0.5) is 39.5 Å². The molecule has 0 aliphatic heterocycles. The van der Waals surface area contributed by atoms with E-state index in [1.807, 2.05) is 0 Å². The van der Waals surface area contributed by atoms with Gasteiger partial charge in [-0.3, -0.25) is 0 Å². The van der Waals surface area contributed by atoms with Gasteiger partial charge in [0.05, 0.1) is 21.5 Å². The maximum atomic E-state index is 14.3. The van der Waals surface area contributed by atoms with Crippen LogP contribution in [0.25, 0.3) is 21.5 Å². The zero-order valence-corrected chi connectivity index (χ0v) is 11.5. The summed E-state index contributed by atoms with van der Waals surface area (Å²) in [5, 5.41) is -8.66. The van der Waals surface area contributed by atoms with Gasteiger partial charge in [0, 0.05) is 0 Å². The third kappa shape index (κ3) is 1.84. The Kier molecular flexibility index (Phi) is 3.59. The van der Waals surface area contributed by atoms with Gasteiger partial charge in [-0.25, -0.2) is 39.5 Å². The van der Waals surface area contributed by atoms with Crippen LogP contribution in [0.2, 0.25) is 5.02 Å². The van der Waals surface area contributed by atoms with Crippen LogP contribution in [0.3, 0.4) is 0 Å². The fourth-order valence-electron chi connectivity index (χ4n) is 2.34. The molecule has 0 aromatic heterocycles. The van der Waals surface area contributed by atoms with E-state index in [1.54, 1.807) is 0 Å².